The Balaban J connectivity index is 0.000000173. The van der Waals surface area contributed by atoms with Crippen LogP contribution in [-0.2, 0) is 0 Å². The van der Waals surface area contributed by atoms with Crippen LogP contribution in [0.15, 0.2) is 221 Å². The van der Waals surface area contributed by atoms with E-state index >= 15 is 0 Å². The van der Waals surface area contributed by atoms with Gasteiger partial charge in [0, 0.05) is 57.5 Å². The van der Waals surface area contributed by atoms with Crippen LogP contribution in [0.4, 0.5) is 17.1 Å². The van der Waals surface area contributed by atoms with Crippen molar-refractivity contribution < 1.29 is 18.3 Å². The van der Waals surface area contributed by atoms with E-state index < -0.39 is 0 Å². The molecule has 6 heteroatoms. The maximum Gasteiger partial charge on any atom is 0.141 e. The standard InChI is InChI=1S/C36H25NO2.C18H13NO2/c1-4-13-25(14-5-1)29-20-12-21-30(26-15-6-2-7-16-26)36(29)37-27-23-33(38-28-17-8-3-9-18-28)35-31-19-10-11-22-32(31)39-34(35)24-27;19-12-10-16(20-13-6-2-1-3-7-13)18-14-8-4-5-9-15(14)21-17(18)11-12/h1-24,37H;1-11H,19H2. The van der Waals surface area contributed by atoms with Crippen molar-refractivity contribution >= 4 is 60.9 Å². The zero-order valence-electron chi connectivity index (χ0n) is 32.4. The summed E-state index contributed by atoms with van der Waals surface area (Å²) in [5, 5.41) is 7.72. The molecule has 0 amide bonds. The largest absolute Gasteiger partial charge is 0.456 e. The predicted molar refractivity (Wildman–Crippen MR) is 245 cm³/mol. The van der Waals surface area contributed by atoms with Gasteiger partial charge in [-0.3, -0.25) is 0 Å². The molecule has 0 saturated heterocycles. The van der Waals surface area contributed by atoms with Gasteiger partial charge in [0.25, 0.3) is 0 Å². The Morgan fingerprint density at radius 1 is 0.383 bits per heavy atom. The van der Waals surface area contributed by atoms with Gasteiger partial charge in [0.2, 0.25) is 0 Å². The molecule has 6 nitrogen and oxygen atoms in total. The molecule has 0 aliphatic carbocycles. The van der Waals surface area contributed by atoms with Crippen molar-refractivity contribution in [2.75, 3.05) is 11.1 Å². The first kappa shape index (κ1) is 36.1. The van der Waals surface area contributed by atoms with Crippen molar-refractivity contribution in [2.45, 2.75) is 0 Å². The number of hydrogen-bond donors (Lipinski definition) is 2. The van der Waals surface area contributed by atoms with Gasteiger partial charge < -0.3 is 29.4 Å². The molecule has 288 valence electrons. The van der Waals surface area contributed by atoms with Crippen LogP contribution in [-0.4, -0.2) is 0 Å². The SMILES string of the molecule is Nc1cc(Oc2ccccc2)c2c(c1)oc1ccccc12.c1ccc(Oc2cc(Nc3c(-c4ccccc4)cccc3-c3ccccc3)cc3oc4ccccc4c23)cc1. The first-order valence-electron chi connectivity index (χ1n) is 19.8. The third-order valence-electron chi connectivity index (χ3n) is 10.4. The lowest BCUT2D eigenvalue weighted by Gasteiger charge is -2.18. The Morgan fingerprint density at radius 3 is 1.33 bits per heavy atom. The Hall–Kier alpha value is -8.22. The fourth-order valence-corrected chi connectivity index (χ4v) is 7.67. The fourth-order valence-electron chi connectivity index (χ4n) is 7.67. The number of ether oxygens (including phenoxy) is 2. The summed E-state index contributed by atoms with van der Waals surface area (Å²) >= 11 is 0. The number of nitrogen functional groups attached to an aromatic ring is 1. The zero-order chi connectivity index (χ0) is 40.3. The second-order valence-corrected chi connectivity index (χ2v) is 14.4. The van der Waals surface area contributed by atoms with E-state index in [-0.39, 0.29) is 0 Å². The minimum absolute atomic E-state index is 0.618. The van der Waals surface area contributed by atoms with Crippen LogP contribution in [0.5, 0.6) is 23.0 Å². The molecule has 60 heavy (non-hydrogen) atoms. The first-order chi connectivity index (χ1) is 29.6. The van der Waals surface area contributed by atoms with E-state index in [9.17, 15) is 0 Å². The molecule has 11 rings (SSSR count). The Labute approximate surface area is 346 Å². The molecule has 0 fully saturated rings. The van der Waals surface area contributed by atoms with Gasteiger partial charge in [-0.05, 0) is 47.5 Å². The number of fused-ring (bicyclic) bond motifs is 6. The topological polar surface area (TPSA) is 82.8 Å². The molecule has 0 spiro atoms. The molecule has 0 atom stereocenters. The Kier molecular flexibility index (Phi) is 9.62. The van der Waals surface area contributed by atoms with Gasteiger partial charge in [0.1, 0.15) is 45.3 Å². The number of hydrogen-bond acceptors (Lipinski definition) is 6. The van der Waals surface area contributed by atoms with Gasteiger partial charge in [-0.2, -0.15) is 0 Å². The highest BCUT2D eigenvalue weighted by Crippen LogP contribution is 2.44. The van der Waals surface area contributed by atoms with Crippen LogP contribution in [0.2, 0.25) is 0 Å². The Morgan fingerprint density at radius 2 is 0.817 bits per heavy atom. The second kappa shape index (κ2) is 16.0. The number of nitrogens with two attached hydrogens (primary N) is 1. The van der Waals surface area contributed by atoms with E-state index in [0.29, 0.717) is 11.4 Å². The van der Waals surface area contributed by atoms with Crippen molar-refractivity contribution in [3.05, 3.63) is 212 Å². The van der Waals surface area contributed by atoms with E-state index in [1.54, 1.807) is 0 Å². The van der Waals surface area contributed by atoms with Crippen molar-refractivity contribution in [3.8, 4) is 45.3 Å². The minimum atomic E-state index is 0.618. The van der Waals surface area contributed by atoms with Crippen LogP contribution in [0.25, 0.3) is 66.1 Å². The molecule has 0 bridgehead atoms. The summed E-state index contributed by atoms with van der Waals surface area (Å²) < 4.78 is 24.6. The molecule has 2 aromatic heterocycles. The number of benzene rings is 9. The van der Waals surface area contributed by atoms with Gasteiger partial charge in [0.05, 0.1) is 16.5 Å². The lowest BCUT2D eigenvalue weighted by atomic mass is 9.95. The maximum absolute atomic E-state index is 6.47. The van der Waals surface area contributed by atoms with Crippen LogP contribution < -0.4 is 20.5 Å². The van der Waals surface area contributed by atoms with Crippen LogP contribution in [0.3, 0.4) is 0 Å². The normalized spacial score (nSPS) is 11.1. The van der Waals surface area contributed by atoms with E-state index in [1.165, 1.54) is 0 Å². The predicted octanol–water partition coefficient (Wildman–Crippen LogP) is 15.4. The van der Waals surface area contributed by atoms with Gasteiger partial charge in [-0.25, -0.2) is 0 Å². The molecule has 0 aliphatic rings. The summed E-state index contributed by atoms with van der Waals surface area (Å²) in [7, 11) is 0. The molecule has 3 N–H and O–H groups in total. The number of anilines is 3. The van der Waals surface area contributed by atoms with Crippen molar-refractivity contribution in [1.82, 2.24) is 0 Å². The average molecular weight is 779 g/mol. The highest BCUT2D eigenvalue weighted by Gasteiger charge is 2.18. The number of nitrogens with one attached hydrogen (secondary N) is 1. The molecule has 11 aromatic rings. The van der Waals surface area contributed by atoms with E-state index in [4.69, 9.17) is 24.0 Å². The summed E-state index contributed by atoms with van der Waals surface area (Å²) in [6.45, 7) is 0. The minimum Gasteiger partial charge on any atom is -0.456 e. The van der Waals surface area contributed by atoms with E-state index in [2.05, 4.69) is 90.2 Å². The number of furan rings is 2. The molecule has 2 heterocycles. The maximum atomic E-state index is 6.47. The lowest BCUT2D eigenvalue weighted by molar-refractivity contribution is 0.488. The quantitative estimate of drug-likeness (QED) is 0.150. The van der Waals surface area contributed by atoms with E-state index in [1.807, 2.05) is 127 Å². The van der Waals surface area contributed by atoms with Crippen LogP contribution in [0, 0.1) is 0 Å². The molecular formula is C54H38N2O4. The summed E-state index contributed by atoms with van der Waals surface area (Å²) in [4.78, 5) is 0. The highest BCUT2D eigenvalue weighted by atomic mass is 16.5. The summed E-state index contributed by atoms with van der Waals surface area (Å²) in [5.74, 6) is 3.00. The second-order valence-electron chi connectivity index (χ2n) is 14.4. The molecular weight excluding hydrogens is 741 g/mol. The molecule has 0 aliphatic heterocycles. The molecule has 0 saturated carbocycles. The average Bonchev–Trinajstić information content (AvgIpc) is 3.86. The van der Waals surface area contributed by atoms with Crippen molar-refractivity contribution in [1.29, 1.82) is 0 Å². The van der Waals surface area contributed by atoms with Gasteiger partial charge in [-0.15, -0.1) is 0 Å². The molecule has 0 unspecified atom stereocenters. The zero-order valence-corrected chi connectivity index (χ0v) is 32.4. The Bertz CT molecular complexity index is 3170. The van der Waals surface area contributed by atoms with Crippen LogP contribution in [0.1, 0.15) is 0 Å². The smallest absolute Gasteiger partial charge is 0.141 e. The first-order valence-corrected chi connectivity index (χ1v) is 19.8. The number of para-hydroxylation sites is 5. The summed E-state index contributed by atoms with van der Waals surface area (Å²) in [6.07, 6.45) is 0. The molecule has 9 aromatic carbocycles. The van der Waals surface area contributed by atoms with Gasteiger partial charge in [-0.1, -0.05) is 152 Å². The summed E-state index contributed by atoms with van der Waals surface area (Å²) in [6, 6.07) is 70.6. The van der Waals surface area contributed by atoms with Gasteiger partial charge >= 0.3 is 0 Å². The van der Waals surface area contributed by atoms with E-state index in [0.717, 1.165) is 94.8 Å². The van der Waals surface area contributed by atoms with Crippen molar-refractivity contribution in [2.24, 2.45) is 0 Å². The highest BCUT2D eigenvalue weighted by molar-refractivity contribution is 6.10. The number of rotatable bonds is 8. The third-order valence-corrected chi connectivity index (χ3v) is 10.4. The molecule has 0 radical (unpaired) electrons. The van der Waals surface area contributed by atoms with Gasteiger partial charge in [0.15, 0.2) is 0 Å². The fraction of sp³-hybridized carbons (Fsp3) is 0. The van der Waals surface area contributed by atoms with Crippen LogP contribution >= 0.6 is 0 Å². The third kappa shape index (κ3) is 7.25. The summed E-state index contributed by atoms with van der Waals surface area (Å²) in [5.41, 5.74) is 16.2. The van der Waals surface area contributed by atoms with Crippen molar-refractivity contribution in [3.63, 3.8) is 0 Å². The lowest BCUT2D eigenvalue weighted by Crippen LogP contribution is -1.97. The monoisotopic (exact) mass is 778 g/mol.